The molecular weight excluding hydrogens is 420 g/mol. The van der Waals surface area contributed by atoms with Crippen molar-refractivity contribution in [1.29, 1.82) is 0 Å². The highest BCUT2D eigenvalue weighted by Crippen LogP contribution is 2.33. The van der Waals surface area contributed by atoms with Crippen LogP contribution in [0.25, 0.3) is 0 Å². The largest absolute Gasteiger partial charge is 0.494 e. The molecule has 0 aliphatic carbocycles. The zero-order chi connectivity index (χ0) is 23.6. The van der Waals surface area contributed by atoms with Gasteiger partial charge in [-0.2, -0.15) is 0 Å². The Balaban J connectivity index is 1.27. The molecule has 2 aromatic rings. The van der Waals surface area contributed by atoms with Crippen molar-refractivity contribution >= 4 is 23.2 Å². The molecule has 2 aliphatic heterocycles. The van der Waals surface area contributed by atoms with E-state index < -0.39 is 5.60 Å². The van der Waals surface area contributed by atoms with Gasteiger partial charge in [-0.05, 0) is 50.3 Å². The minimum atomic E-state index is -1.33. The Hall–Kier alpha value is -3.13. The molecule has 8 heteroatoms. The Labute approximate surface area is 194 Å². The van der Waals surface area contributed by atoms with Gasteiger partial charge >= 0.3 is 0 Å². The average Bonchev–Trinajstić information content (AvgIpc) is 2.78. The Kier molecular flexibility index (Phi) is 6.56. The second-order valence-electron chi connectivity index (χ2n) is 9.39. The molecule has 2 amide bonds. The molecule has 2 N–H and O–H groups in total. The maximum Gasteiger partial charge on any atom is 0.253 e. The fraction of sp³-hybridized carbons (Fsp3) is 0.480. The van der Waals surface area contributed by atoms with Crippen LogP contribution < -0.4 is 15.0 Å². The van der Waals surface area contributed by atoms with E-state index in [1.54, 1.807) is 24.4 Å². The quantitative estimate of drug-likeness (QED) is 0.700. The van der Waals surface area contributed by atoms with Crippen molar-refractivity contribution < 1.29 is 19.4 Å². The van der Waals surface area contributed by atoms with Crippen LogP contribution in [-0.4, -0.2) is 65.7 Å². The number of carbonyl (C=O) groups is 2. The lowest BCUT2D eigenvalue weighted by atomic mass is 9.88. The second-order valence-corrected chi connectivity index (χ2v) is 9.39. The summed E-state index contributed by atoms with van der Waals surface area (Å²) in [7, 11) is 1.63. The number of aromatic nitrogens is 1. The average molecular weight is 453 g/mol. The van der Waals surface area contributed by atoms with Gasteiger partial charge < -0.3 is 25.0 Å². The lowest BCUT2D eigenvalue weighted by Crippen LogP contribution is -2.52. The number of hydrogen-bond donors (Lipinski definition) is 2. The predicted octanol–water partition coefficient (Wildman–Crippen LogP) is 2.64. The number of pyridine rings is 1. The zero-order valence-electron chi connectivity index (χ0n) is 19.5. The van der Waals surface area contributed by atoms with Gasteiger partial charge in [-0.15, -0.1) is 0 Å². The summed E-state index contributed by atoms with van der Waals surface area (Å²) in [5.41, 5.74) is 1.58. The molecule has 0 spiro atoms. The van der Waals surface area contributed by atoms with Crippen LogP contribution in [0.5, 0.6) is 5.75 Å². The van der Waals surface area contributed by atoms with Gasteiger partial charge in [0, 0.05) is 44.1 Å². The molecule has 2 fully saturated rings. The van der Waals surface area contributed by atoms with E-state index in [0.29, 0.717) is 32.1 Å². The smallest absolute Gasteiger partial charge is 0.253 e. The minimum absolute atomic E-state index is 0.0142. The molecule has 3 heterocycles. The number of benzene rings is 1. The van der Waals surface area contributed by atoms with Crippen molar-refractivity contribution in [2.45, 2.75) is 38.2 Å². The summed E-state index contributed by atoms with van der Waals surface area (Å²) < 4.78 is 5.37. The van der Waals surface area contributed by atoms with Gasteiger partial charge in [0.05, 0.1) is 24.9 Å². The van der Waals surface area contributed by atoms with Gasteiger partial charge in [-0.1, -0.05) is 12.1 Å². The number of piperidine rings is 1. The molecule has 176 valence electrons. The molecule has 4 rings (SSSR count). The Morgan fingerprint density at radius 3 is 2.39 bits per heavy atom. The third-order valence-electron chi connectivity index (χ3n) is 6.53. The molecule has 0 bridgehead atoms. The summed E-state index contributed by atoms with van der Waals surface area (Å²) in [6, 6.07) is 9.83. The van der Waals surface area contributed by atoms with Crippen molar-refractivity contribution in [2.75, 3.05) is 43.5 Å². The molecular formula is C25H32N4O4. The molecule has 0 atom stereocenters. The van der Waals surface area contributed by atoms with Crippen molar-refractivity contribution in [3.63, 3.8) is 0 Å². The van der Waals surface area contributed by atoms with Crippen LogP contribution in [0, 0.1) is 5.92 Å². The third kappa shape index (κ3) is 5.11. The zero-order valence-corrected chi connectivity index (χ0v) is 19.5. The molecule has 1 aromatic heterocycles. The monoisotopic (exact) mass is 452 g/mol. The lowest BCUT2D eigenvalue weighted by Gasteiger charge is -2.40. The number of aliphatic hydroxyl groups is 1. The fourth-order valence-corrected chi connectivity index (χ4v) is 4.51. The van der Waals surface area contributed by atoms with Gasteiger partial charge in [-0.25, -0.2) is 0 Å². The van der Waals surface area contributed by atoms with Crippen LogP contribution >= 0.6 is 0 Å². The van der Waals surface area contributed by atoms with E-state index in [4.69, 9.17) is 4.74 Å². The van der Waals surface area contributed by atoms with Crippen LogP contribution in [0.4, 0.5) is 11.4 Å². The minimum Gasteiger partial charge on any atom is -0.494 e. The topological polar surface area (TPSA) is 95.0 Å². The first-order chi connectivity index (χ1) is 15.8. The summed E-state index contributed by atoms with van der Waals surface area (Å²) in [6.45, 7) is 5.62. The Morgan fingerprint density at radius 2 is 1.79 bits per heavy atom. The Morgan fingerprint density at radius 1 is 1.12 bits per heavy atom. The molecule has 2 aliphatic rings. The first-order valence-corrected chi connectivity index (χ1v) is 11.4. The fourth-order valence-electron chi connectivity index (χ4n) is 4.51. The van der Waals surface area contributed by atoms with Crippen LogP contribution in [0.15, 0.2) is 42.7 Å². The number of carbonyl (C=O) groups excluding carboxylic acids is 2. The van der Waals surface area contributed by atoms with Crippen LogP contribution in [-0.2, 0) is 9.59 Å². The summed E-state index contributed by atoms with van der Waals surface area (Å²) in [5.74, 6) is 0.855. The highest BCUT2D eigenvalue weighted by atomic mass is 16.5. The summed E-state index contributed by atoms with van der Waals surface area (Å²) in [4.78, 5) is 32.9. The first-order valence-electron chi connectivity index (χ1n) is 11.4. The Bertz CT molecular complexity index is 988. The molecule has 0 saturated carbocycles. The van der Waals surface area contributed by atoms with E-state index in [9.17, 15) is 14.7 Å². The predicted molar refractivity (Wildman–Crippen MR) is 126 cm³/mol. The first kappa shape index (κ1) is 23.0. The number of amides is 2. The summed E-state index contributed by atoms with van der Waals surface area (Å²) >= 11 is 0. The van der Waals surface area contributed by atoms with Crippen molar-refractivity contribution in [2.24, 2.45) is 5.92 Å². The van der Waals surface area contributed by atoms with E-state index in [-0.39, 0.29) is 17.7 Å². The van der Waals surface area contributed by atoms with E-state index in [1.807, 2.05) is 18.2 Å². The van der Waals surface area contributed by atoms with Crippen molar-refractivity contribution in [3.05, 3.63) is 48.3 Å². The van der Waals surface area contributed by atoms with Crippen LogP contribution in [0.1, 0.15) is 38.2 Å². The van der Waals surface area contributed by atoms with E-state index in [0.717, 1.165) is 30.0 Å². The second kappa shape index (κ2) is 9.39. The number of likely N-dealkylation sites (tertiary alicyclic amines) is 1. The number of nitrogens with one attached hydrogen (secondary N) is 1. The molecule has 0 radical (unpaired) electrons. The highest BCUT2D eigenvalue weighted by Gasteiger charge is 2.35. The van der Waals surface area contributed by atoms with Gasteiger partial charge in [0.15, 0.2) is 0 Å². The number of nitrogens with zero attached hydrogens (tertiary/aromatic N) is 3. The van der Waals surface area contributed by atoms with Crippen LogP contribution in [0.2, 0.25) is 0 Å². The normalized spacial score (nSPS) is 17.5. The molecule has 8 nitrogen and oxygen atoms in total. The number of ether oxygens (including phenoxy) is 1. The molecule has 33 heavy (non-hydrogen) atoms. The van der Waals surface area contributed by atoms with E-state index >= 15 is 0 Å². The van der Waals surface area contributed by atoms with Gasteiger partial charge in [0.25, 0.3) is 5.91 Å². The number of rotatable bonds is 6. The molecule has 2 saturated heterocycles. The lowest BCUT2D eigenvalue weighted by molar-refractivity contribution is -0.148. The third-order valence-corrected chi connectivity index (χ3v) is 6.53. The number of methoxy groups -OCH3 is 1. The van der Waals surface area contributed by atoms with Crippen molar-refractivity contribution in [3.8, 4) is 5.75 Å². The molecule has 0 unspecified atom stereocenters. The van der Waals surface area contributed by atoms with E-state index in [2.05, 4.69) is 27.3 Å². The van der Waals surface area contributed by atoms with Crippen molar-refractivity contribution in [1.82, 2.24) is 9.88 Å². The van der Waals surface area contributed by atoms with Crippen LogP contribution in [0.3, 0.4) is 0 Å². The van der Waals surface area contributed by atoms with Gasteiger partial charge in [0.1, 0.15) is 11.4 Å². The summed E-state index contributed by atoms with van der Waals surface area (Å²) in [5, 5.41) is 13.0. The summed E-state index contributed by atoms with van der Waals surface area (Å²) in [6.07, 6.45) is 5.18. The van der Waals surface area contributed by atoms with Gasteiger partial charge in [-0.3, -0.25) is 14.6 Å². The maximum absolute atomic E-state index is 12.7. The highest BCUT2D eigenvalue weighted by molar-refractivity contribution is 5.94. The SMILES string of the molecule is COc1ccncc1N1CC(C(=O)Nc2ccc(C3CCN(C(=O)C(C)(C)O)CC3)cc2)C1. The van der Waals surface area contributed by atoms with E-state index in [1.165, 1.54) is 19.4 Å². The maximum atomic E-state index is 12.7. The molecule has 1 aromatic carbocycles. The van der Waals surface area contributed by atoms with Gasteiger partial charge in [0.2, 0.25) is 5.91 Å². The standard InChI is InChI=1S/C25H32N4O4/c1-25(2,32)24(31)28-12-9-18(10-13-28)17-4-6-20(7-5-17)27-23(30)19-15-29(16-19)21-14-26-11-8-22(21)33-3/h4-8,11,14,18-19,32H,9-10,12-13,15-16H2,1-3H3,(H,27,30). The number of hydrogen-bond acceptors (Lipinski definition) is 6. The number of anilines is 2.